The van der Waals surface area contributed by atoms with E-state index in [4.69, 9.17) is 16.7 Å². The summed E-state index contributed by atoms with van der Waals surface area (Å²) >= 11 is 5.94. The highest BCUT2D eigenvalue weighted by Crippen LogP contribution is 2.43. The number of aliphatic hydroxyl groups is 2. The number of rotatable bonds is 9. The van der Waals surface area contributed by atoms with E-state index in [1.54, 1.807) is 17.0 Å². The second kappa shape index (κ2) is 10.6. The van der Waals surface area contributed by atoms with E-state index in [0.29, 0.717) is 12.3 Å². The highest BCUT2D eigenvalue weighted by Gasteiger charge is 2.47. The molecule has 1 saturated heterocycles. The van der Waals surface area contributed by atoms with Crippen LogP contribution in [0.4, 0.5) is 10.1 Å². The number of nitriles is 1. The average Bonchev–Trinajstić information content (AvgIpc) is 3.05. The number of hydrogen-bond acceptors (Lipinski definition) is 5. The molecule has 0 aliphatic carbocycles. The summed E-state index contributed by atoms with van der Waals surface area (Å²) < 4.78 is 14.9. The van der Waals surface area contributed by atoms with Crippen LogP contribution < -0.4 is 10.2 Å². The van der Waals surface area contributed by atoms with Gasteiger partial charge in [0.25, 0.3) is 0 Å². The molecule has 3 unspecified atom stereocenters. The zero-order valence-corrected chi connectivity index (χ0v) is 19.4. The Balaban J connectivity index is 2.39. The molecular formula is C23H33ClFN3O3. The van der Waals surface area contributed by atoms with Gasteiger partial charge in [-0.15, -0.1) is 0 Å². The minimum atomic E-state index is -0.917. The Morgan fingerprint density at radius 2 is 2.13 bits per heavy atom. The summed E-state index contributed by atoms with van der Waals surface area (Å²) in [6.45, 7) is 8.25. The first-order chi connectivity index (χ1) is 14.5. The molecule has 0 spiro atoms. The second-order valence-electron chi connectivity index (χ2n) is 9.32. The van der Waals surface area contributed by atoms with E-state index < -0.39 is 23.9 Å². The van der Waals surface area contributed by atoms with Crippen molar-refractivity contribution in [2.45, 2.75) is 65.1 Å². The SMILES string of the molecule is CC(C)C(C)(C)CC1C(C#N)CC(C(=O)NCC[C@H](O)CO)N1c1ccc(Cl)cc1F. The molecule has 0 radical (unpaired) electrons. The number of halogens is 2. The molecule has 1 fully saturated rings. The highest BCUT2D eigenvalue weighted by molar-refractivity contribution is 6.30. The summed E-state index contributed by atoms with van der Waals surface area (Å²) in [6, 6.07) is 5.63. The molecule has 0 saturated carbocycles. The van der Waals surface area contributed by atoms with Gasteiger partial charge < -0.3 is 20.4 Å². The zero-order chi connectivity index (χ0) is 23.3. The van der Waals surface area contributed by atoms with E-state index in [1.165, 1.54) is 6.07 Å². The van der Waals surface area contributed by atoms with E-state index in [2.05, 4.69) is 39.1 Å². The van der Waals surface area contributed by atoms with Crippen molar-refractivity contribution in [1.29, 1.82) is 5.26 Å². The number of benzene rings is 1. The molecule has 1 heterocycles. The molecule has 1 amide bonds. The van der Waals surface area contributed by atoms with Crippen molar-refractivity contribution < 1.29 is 19.4 Å². The molecule has 1 aromatic rings. The van der Waals surface area contributed by atoms with Gasteiger partial charge in [-0.25, -0.2) is 4.39 Å². The molecule has 0 aromatic heterocycles. The number of nitrogens with zero attached hydrogens (tertiary/aromatic N) is 2. The molecule has 0 bridgehead atoms. The van der Waals surface area contributed by atoms with Crippen LogP contribution in [-0.2, 0) is 4.79 Å². The van der Waals surface area contributed by atoms with Gasteiger partial charge in [0.15, 0.2) is 0 Å². The third-order valence-electron chi connectivity index (χ3n) is 6.58. The van der Waals surface area contributed by atoms with Crippen molar-refractivity contribution in [1.82, 2.24) is 5.32 Å². The maximum atomic E-state index is 14.9. The number of anilines is 1. The largest absolute Gasteiger partial charge is 0.394 e. The zero-order valence-electron chi connectivity index (χ0n) is 18.6. The van der Waals surface area contributed by atoms with Gasteiger partial charge in [-0.3, -0.25) is 4.79 Å². The Morgan fingerprint density at radius 3 is 2.68 bits per heavy atom. The molecule has 1 aliphatic heterocycles. The summed E-state index contributed by atoms with van der Waals surface area (Å²) in [7, 11) is 0. The van der Waals surface area contributed by atoms with E-state index in [9.17, 15) is 19.6 Å². The molecule has 6 nitrogen and oxygen atoms in total. The van der Waals surface area contributed by atoms with Crippen molar-refractivity contribution in [2.75, 3.05) is 18.1 Å². The van der Waals surface area contributed by atoms with Crippen LogP contribution in [0, 0.1) is 34.4 Å². The molecule has 2 rings (SSSR count). The highest BCUT2D eigenvalue weighted by atomic mass is 35.5. The van der Waals surface area contributed by atoms with Gasteiger partial charge in [0.1, 0.15) is 11.9 Å². The Hall–Kier alpha value is -1.88. The van der Waals surface area contributed by atoms with E-state index in [0.717, 1.165) is 0 Å². The number of nitrogens with one attached hydrogen (secondary N) is 1. The Labute approximate surface area is 189 Å². The van der Waals surface area contributed by atoms with Gasteiger partial charge in [-0.05, 0) is 48.8 Å². The second-order valence-corrected chi connectivity index (χ2v) is 9.76. The topological polar surface area (TPSA) is 96.6 Å². The van der Waals surface area contributed by atoms with Gasteiger partial charge >= 0.3 is 0 Å². The van der Waals surface area contributed by atoms with Crippen LogP contribution >= 0.6 is 11.6 Å². The predicted molar refractivity (Wildman–Crippen MR) is 119 cm³/mol. The van der Waals surface area contributed by atoms with Crippen molar-refractivity contribution in [2.24, 2.45) is 17.3 Å². The number of carbonyl (C=O) groups is 1. The monoisotopic (exact) mass is 453 g/mol. The first-order valence-electron chi connectivity index (χ1n) is 10.7. The standard InChI is InChI=1S/C23H33ClFN3O3/c1-14(2)23(3,4)11-21-15(12-26)9-20(22(31)27-8-7-17(30)13-29)28(21)19-6-5-16(24)10-18(19)25/h5-6,10,14-15,17,20-21,29-30H,7-9,11,13H2,1-4H3,(H,27,31)/t15?,17-,20?,21?/m0/s1. The lowest BCUT2D eigenvalue weighted by atomic mass is 9.74. The number of aliphatic hydroxyl groups excluding tert-OH is 2. The molecule has 31 heavy (non-hydrogen) atoms. The van der Waals surface area contributed by atoms with Crippen LogP contribution in [0.2, 0.25) is 5.02 Å². The summed E-state index contributed by atoms with van der Waals surface area (Å²) in [5.41, 5.74) is 0.125. The van der Waals surface area contributed by atoms with Crippen LogP contribution in [0.1, 0.15) is 47.0 Å². The Morgan fingerprint density at radius 1 is 1.45 bits per heavy atom. The first kappa shape index (κ1) is 25.4. The molecule has 3 N–H and O–H groups in total. The fourth-order valence-corrected chi connectivity index (χ4v) is 4.09. The smallest absolute Gasteiger partial charge is 0.242 e. The lowest BCUT2D eigenvalue weighted by molar-refractivity contribution is -0.122. The molecule has 8 heteroatoms. The van der Waals surface area contributed by atoms with Crippen LogP contribution in [0.3, 0.4) is 0 Å². The molecule has 1 aromatic carbocycles. The normalized spacial score (nSPS) is 22.5. The quantitative estimate of drug-likeness (QED) is 0.531. The van der Waals surface area contributed by atoms with Crippen LogP contribution in [0.15, 0.2) is 18.2 Å². The van der Waals surface area contributed by atoms with Crippen LogP contribution in [-0.4, -0.2) is 47.5 Å². The number of carbonyl (C=O) groups excluding carboxylic acids is 1. The summed E-state index contributed by atoms with van der Waals surface area (Å²) in [5.74, 6) is -0.972. The van der Waals surface area contributed by atoms with E-state index in [1.807, 2.05) is 0 Å². The minimum absolute atomic E-state index is 0.127. The van der Waals surface area contributed by atoms with Gasteiger partial charge in [-0.1, -0.05) is 39.3 Å². The third kappa shape index (κ3) is 6.09. The summed E-state index contributed by atoms with van der Waals surface area (Å²) in [5, 5.41) is 31.3. The van der Waals surface area contributed by atoms with E-state index >= 15 is 0 Å². The molecule has 4 atom stereocenters. The van der Waals surface area contributed by atoms with E-state index in [-0.39, 0.29) is 54.1 Å². The van der Waals surface area contributed by atoms with Crippen molar-refractivity contribution in [3.8, 4) is 6.07 Å². The van der Waals surface area contributed by atoms with Gasteiger partial charge in [0, 0.05) is 17.6 Å². The fourth-order valence-electron chi connectivity index (χ4n) is 3.93. The van der Waals surface area contributed by atoms with Gasteiger partial charge in [-0.2, -0.15) is 5.26 Å². The molecular weight excluding hydrogens is 421 g/mol. The molecule has 172 valence electrons. The lowest BCUT2D eigenvalue weighted by Crippen LogP contribution is -2.48. The maximum Gasteiger partial charge on any atom is 0.242 e. The van der Waals surface area contributed by atoms with Gasteiger partial charge in [0.2, 0.25) is 5.91 Å². The summed E-state index contributed by atoms with van der Waals surface area (Å²) in [4.78, 5) is 14.8. The third-order valence-corrected chi connectivity index (χ3v) is 6.81. The number of amides is 1. The predicted octanol–water partition coefficient (Wildman–Crippen LogP) is 3.50. The van der Waals surface area contributed by atoms with Crippen LogP contribution in [0.25, 0.3) is 0 Å². The van der Waals surface area contributed by atoms with Gasteiger partial charge in [0.05, 0.1) is 30.4 Å². The van der Waals surface area contributed by atoms with Crippen LogP contribution in [0.5, 0.6) is 0 Å². The fraction of sp³-hybridized carbons (Fsp3) is 0.652. The minimum Gasteiger partial charge on any atom is -0.394 e. The lowest BCUT2D eigenvalue weighted by Gasteiger charge is -2.39. The maximum absolute atomic E-state index is 14.9. The van der Waals surface area contributed by atoms with Crippen molar-refractivity contribution >= 4 is 23.2 Å². The Bertz CT molecular complexity index is 812. The van der Waals surface area contributed by atoms with Crippen molar-refractivity contribution in [3.05, 3.63) is 29.0 Å². The Kier molecular flexibility index (Phi) is 8.70. The molecule has 1 aliphatic rings. The summed E-state index contributed by atoms with van der Waals surface area (Å²) in [6.07, 6.45) is 0.194. The average molecular weight is 454 g/mol. The first-order valence-corrected chi connectivity index (χ1v) is 11.1. The number of hydrogen-bond donors (Lipinski definition) is 3. The van der Waals surface area contributed by atoms with Crippen molar-refractivity contribution in [3.63, 3.8) is 0 Å².